The summed E-state index contributed by atoms with van der Waals surface area (Å²) in [6.45, 7) is 0. The zero-order valence-corrected chi connectivity index (χ0v) is 7.87. The van der Waals surface area contributed by atoms with Crippen molar-refractivity contribution in [1.82, 2.24) is 4.98 Å². The minimum absolute atomic E-state index is 0.0320. The molecule has 2 aromatic rings. The number of carbonyl (C=O) groups is 1. The first-order valence-corrected chi connectivity index (χ1v) is 4.21. The zero-order chi connectivity index (χ0) is 11.0. The number of benzene rings is 1. The van der Waals surface area contributed by atoms with Crippen LogP contribution >= 0.6 is 0 Å². The molecule has 2 N–H and O–H groups in total. The number of H-pyrrole nitrogens is 1. The van der Waals surface area contributed by atoms with Crippen molar-refractivity contribution in [2.75, 3.05) is 7.11 Å². The van der Waals surface area contributed by atoms with Crippen LogP contribution in [0.15, 0.2) is 18.3 Å². The summed E-state index contributed by atoms with van der Waals surface area (Å²) in [4.78, 5) is 13.5. The standard InChI is InChI=1S/C10H8FNO3/c1-15-9-2-5-6(10(13)14)4-12-8(5)3-7(9)11/h2-4,12H,1H3,(H,13,14). The number of methoxy groups -OCH3 is 1. The van der Waals surface area contributed by atoms with Gasteiger partial charge in [0.05, 0.1) is 12.7 Å². The monoisotopic (exact) mass is 209 g/mol. The Kier molecular flexibility index (Phi) is 2.07. The number of aromatic nitrogens is 1. The number of hydrogen-bond donors (Lipinski definition) is 2. The molecule has 78 valence electrons. The van der Waals surface area contributed by atoms with E-state index >= 15 is 0 Å². The highest BCUT2D eigenvalue weighted by atomic mass is 19.1. The number of aromatic amines is 1. The molecule has 0 amide bonds. The van der Waals surface area contributed by atoms with Crippen molar-refractivity contribution < 1.29 is 19.0 Å². The van der Waals surface area contributed by atoms with Crippen molar-refractivity contribution in [2.24, 2.45) is 0 Å². The van der Waals surface area contributed by atoms with Gasteiger partial charge in [-0.1, -0.05) is 0 Å². The molecule has 0 saturated carbocycles. The number of nitrogens with one attached hydrogen (secondary N) is 1. The van der Waals surface area contributed by atoms with Crippen LogP contribution in [0.3, 0.4) is 0 Å². The number of fused-ring (bicyclic) bond motifs is 1. The van der Waals surface area contributed by atoms with E-state index in [0.717, 1.165) is 0 Å². The van der Waals surface area contributed by atoms with Gasteiger partial charge in [0.15, 0.2) is 11.6 Å². The molecular formula is C10H8FNO3. The smallest absolute Gasteiger partial charge is 0.337 e. The molecule has 1 aromatic carbocycles. The highest BCUT2D eigenvalue weighted by Gasteiger charge is 2.13. The number of carboxylic acid groups (broad SMARTS) is 1. The molecule has 1 heterocycles. The molecule has 0 aliphatic carbocycles. The van der Waals surface area contributed by atoms with Gasteiger partial charge in [-0.05, 0) is 6.07 Å². The van der Waals surface area contributed by atoms with Crippen molar-refractivity contribution in [3.8, 4) is 5.75 Å². The SMILES string of the molecule is COc1cc2c(C(=O)O)c[nH]c2cc1F. The van der Waals surface area contributed by atoms with E-state index in [0.29, 0.717) is 10.9 Å². The number of ether oxygens (including phenoxy) is 1. The average molecular weight is 209 g/mol. The van der Waals surface area contributed by atoms with E-state index in [4.69, 9.17) is 9.84 Å². The van der Waals surface area contributed by atoms with Crippen LogP contribution in [0.1, 0.15) is 10.4 Å². The molecule has 0 atom stereocenters. The molecule has 0 fully saturated rings. The second-order valence-corrected chi connectivity index (χ2v) is 3.04. The number of rotatable bonds is 2. The molecule has 4 nitrogen and oxygen atoms in total. The summed E-state index contributed by atoms with van der Waals surface area (Å²) in [5.41, 5.74) is 0.536. The lowest BCUT2D eigenvalue weighted by Crippen LogP contribution is -1.94. The van der Waals surface area contributed by atoms with E-state index in [1.165, 1.54) is 25.4 Å². The largest absolute Gasteiger partial charge is 0.494 e. The lowest BCUT2D eigenvalue weighted by Gasteiger charge is -2.01. The van der Waals surface area contributed by atoms with Gasteiger partial charge in [0.1, 0.15) is 0 Å². The van der Waals surface area contributed by atoms with Crippen LogP contribution in [0.5, 0.6) is 5.75 Å². The Labute approximate surface area is 84.3 Å². The van der Waals surface area contributed by atoms with Gasteiger partial charge in [-0.15, -0.1) is 0 Å². The molecule has 15 heavy (non-hydrogen) atoms. The predicted octanol–water partition coefficient (Wildman–Crippen LogP) is 2.01. The summed E-state index contributed by atoms with van der Waals surface area (Å²) < 4.78 is 18.0. The Balaban J connectivity index is 2.74. The minimum Gasteiger partial charge on any atom is -0.494 e. The Morgan fingerprint density at radius 2 is 2.27 bits per heavy atom. The van der Waals surface area contributed by atoms with Crippen molar-refractivity contribution >= 4 is 16.9 Å². The molecule has 1 aromatic heterocycles. The van der Waals surface area contributed by atoms with E-state index in [1.54, 1.807) is 0 Å². The van der Waals surface area contributed by atoms with E-state index in [-0.39, 0.29) is 11.3 Å². The normalized spacial score (nSPS) is 10.5. The van der Waals surface area contributed by atoms with Gasteiger partial charge in [0.25, 0.3) is 0 Å². The van der Waals surface area contributed by atoms with Gasteiger partial charge in [-0.25, -0.2) is 9.18 Å². The molecule has 0 bridgehead atoms. The summed E-state index contributed by atoms with van der Waals surface area (Å²) >= 11 is 0. The predicted molar refractivity (Wildman–Crippen MR) is 51.8 cm³/mol. The molecule has 2 rings (SSSR count). The maximum absolute atomic E-state index is 13.2. The van der Waals surface area contributed by atoms with Gasteiger partial charge in [0.2, 0.25) is 0 Å². The third-order valence-corrected chi connectivity index (χ3v) is 2.18. The molecule has 0 spiro atoms. The van der Waals surface area contributed by atoms with E-state index in [9.17, 15) is 9.18 Å². The van der Waals surface area contributed by atoms with Crippen LogP contribution in [-0.4, -0.2) is 23.2 Å². The van der Waals surface area contributed by atoms with E-state index < -0.39 is 11.8 Å². The third kappa shape index (κ3) is 1.41. The first kappa shape index (κ1) is 9.51. The summed E-state index contributed by atoms with van der Waals surface area (Å²) in [6.07, 6.45) is 1.33. The van der Waals surface area contributed by atoms with E-state index in [2.05, 4.69) is 4.98 Å². The summed E-state index contributed by atoms with van der Waals surface area (Å²) in [5, 5.41) is 9.28. The van der Waals surface area contributed by atoms with Crippen LogP contribution < -0.4 is 4.74 Å². The summed E-state index contributed by atoms with van der Waals surface area (Å²) in [5.74, 6) is -1.55. The molecule has 0 aliphatic rings. The van der Waals surface area contributed by atoms with Gasteiger partial charge in [0, 0.05) is 23.2 Å². The lowest BCUT2D eigenvalue weighted by atomic mass is 10.1. The fourth-order valence-corrected chi connectivity index (χ4v) is 1.46. The highest BCUT2D eigenvalue weighted by Crippen LogP contribution is 2.26. The fourth-order valence-electron chi connectivity index (χ4n) is 1.46. The first-order chi connectivity index (χ1) is 7.13. The molecular weight excluding hydrogens is 201 g/mol. The Hall–Kier alpha value is -2.04. The van der Waals surface area contributed by atoms with Crippen LogP contribution in [0.2, 0.25) is 0 Å². The number of aromatic carboxylic acids is 1. The minimum atomic E-state index is -1.06. The lowest BCUT2D eigenvalue weighted by molar-refractivity contribution is 0.0699. The van der Waals surface area contributed by atoms with Gasteiger partial charge >= 0.3 is 5.97 Å². The molecule has 0 radical (unpaired) electrons. The zero-order valence-electron chi connectivity index (χ0n) is 7.87. The van der Waals surface area contributed by atoms with E-state index in [1.807, 2.05) is 0 Å². The van der Waals surface area contributed by atoms with Crippen LogP contribution in [0, 0.1) is 5.82 Å². The second-order valence-electron chi connectivity index (χ2n) is 3.04. The van der Waals surface area contributed by atoms with Crippen molar-refractivity contribution in [3.63, 3.8) is 0 Å². The average Bonchev–Trinajstić information content (AvgIpc) is 2.59. The quantitative estimate of drug-likeness (QED) is 0.795. The topological polar surface area (TPSA) is 62.3 Å². The third-order valence-electron chi connectivity index (χ3n) is 2.18. The molecule has 5 heteroatoms. The maximum Gasteiger partial charge on any atom is 0.337 e. The molecule has 0 unspecified atom stereocenters. The van der Waals surface area contributed by atoms with Crippen molar-refractivity contribution in [1.29, 1.82) is 0 Å². The number of halogens is 1. The van der Waals surface area contributed by atoms with Gasteiger partial charge in [-0.2, -0.15) is 0 Å². The Morgan fingerprint density at radius 1 is 1.53 bits per heavy atom. The van der Waals surface area contributed by atoms with Gasteiger partial charge in [-0.3, -0.25) is 0 Å². The second kappa shape index (κ2) is 3.27. The fraction of sp³-hybridized carbons (Fsp3) is 0.100. The van der Waals surface area contributed by atoms with Crippen molar-refractivity contribution in [2.45, 2.75) is 0 Å². The Morgan fingerprint density at radius 3 is 2.87 bits per heavy atom. The molecule has 0 saturated heterocycles. The van der Waals surface area contributed by atoms with Crippen LogP contribution in [-0.2, 0) is 0 Å². The summed E-state index contributed by atoms with van der Waals surface area (Å²) in [6, 6.07) is 2.57. The van der Waals surface area contributed by atoms with Gasteiger partial charge < -0.3 is 14.8 Å². The Bertz CT molecular complexity index is 533. The maximum atomic E-state index is 13.2. The first-order valence-electron chi connectivity index (χ1n) is 4.21. The highest BCUT2D eigenvalue weighted by molar-refractivity contribution is 6.03. The van der Waals surface area contributed by atoms with Crippen LogP contribution in [0.4, 0.5) is 4.39 Å². The van der Waals surface area contributed by atoms with Crippen molar-refractivity contribution in [3.05, 3.63) is 29.7 Å². The van der Waals surface area contributed by atoms with Crippen LogP contribution in [0.25, 0.3) is 10.9 Å². The molecule has 0 aliphatic heterocycles. The summed E-state index contributed by atoms with van der Waals surface area (Å²) in [7, 11) is 1.33. The number of hydrogen-bond acceptors (Lipinski definition) is 2. The number of carboxylic acids is 1.